The molecule has 0 aliphatic rings. The van der Waals surface area contributed by atoms with Crippen LogP contribution in [0.15, 0.2) is 42.5 Å². The number of likely N-dealkylation sites (N-methyl/N-ethyl adjacent to an activating group) is 1. The van der Waals surface area contributed by atoms with Crippen LogP contribution in [-0.2, 0) is 11.2 Å². The van der Waals surface area contributed by atoms with Crippen LogP contribution in [0.4, 0.5) is 4.39 Å². The van der Waals surface area contributed by atoms with Gasteiger partial charge in [0.15, 0.2) is 0 Å². The standard InChI is InChI=1S/C17H16Cl2FNO2/c1-21(8-9-23-13-5-2-4-12(18)10-13)17(22)11-14-15(19)6-3-7-16(14)20/h2-7,10H,8-9,11H2,1H3. The molecule has 0 aliphatic heterocycles. The maximum Gasteiger partial charge on any atom is 0.227 e. The maximum absolute atomic E-state index is 13.7. The molecule has 2 rings (SSSR count). The van der Waals surface area contributed by atoms with Gasteiger partial charge in [0.05, 0.1) is 13.0 Å². The lowest BCUT2D eigenvalue weighted by Crippen LogP contribution is -2.32. The van der Waals surface area contributed by atoms with Crippen molar-refractivity contribution in [1.29, 1.82) is 0 Å². The molecule has 23 heavy (non-hydrogen) atoms. The number of halogens is 3. The lowest BCUT2D eigenvalue weighted by atomic mass is 10.1. The third-order valence-electron chi connectivity index (χ3n) is 3.31. The summed E-state index contributed by atoms with van der Waals surface area (Å²) in [4.78, 5) is 13.6. The van der Waals surface area contributed by atoms with Crippen LogP contribution in [0.2, 0.25) is 10.0 Å². The Labute approximate surface area is 144 Å². The molecule has 0 unspecified atom stereocenters. The second kappa shape index (κ2) is 8.18. The van der Waals surface area contributed by atoms with Crippen molar-refractivity contribution in [2.24, 2.45) is 0 Å². The molecule has 0 heterocycles. The molecule has 0 aromatic heterocycles. The minimum atomic E-state index is -0.477. The Hall–Kier alpha value is -1.78. The monoisotopic (exact) mass is 355 g/mol. The number of hydrogen-bond donors (Lipinski definition) is 0. The van der Waals surface area contributed by atoms with Crippen LogP contribution in [0.3, 0.4) is 0 Å². The van der Waals surface area contributed by atoms with Crippen LogP contribution in [0.1, 0.15) is 5.56 Å². The van der Waals surface area contributed by atoms with E-state index in [1.54, 1.807) is 37.4 Å². The highest BCUT2D eigenvalue weighted by atomic mass is 35.5. The van der Waals surface area contributed by atoms with Crippen molar-refractivity contribution in [1.82, 2.24) is 4.90 Å². The predicted molar refractivity (Wildman–Crippen MR) is 89.7 cm³/mol. The summed E-state index contributed by atoms with van der Waals surface area (Å²) in [5.41, 5.74) is 0.210. The zero-order valence-corrected chi connectivity index (χ0v) is 14.1. The number of carbonyl (C=O) groups is 1. The first-order valence-corrected chi connectivity index (χ1v) is 7.78. The molecule has 2 aromatic carbocycles. The van der Waals surface area contributed by atoms with Gasteiger partial charge in [-0.05, 0) is 30.3 Å². The van der Waals surface area contributed by atoms with Gasteiger partial charge in [-0.15, -0.1) is 0 Å². The summed E-state index contributed by atoms with van der Waals surface area (Å²) >= 11 is 11.8. The van der Waals surface area contributed by atoms with E-state index in [1.165, 1.54) is 17.0 Å². The molecule has 0 bridgehead atoms. The van der Waals surface area contributed by atoms with Gasteiger partial charge in [-0.3, -0.25) is 4.79 Å². The van der Waals surface area contributed by atoms with E-state index in [0.29, 0.717) is 23.9 Å². The van der Waals surface area contributed by atoms with Crippen LogP contribution in [0.25, 0.3) is 0 Å². The van der Waals surface area contributed by atoms with Crippen LogP contribution in [0.5, 0.6) is 5.75 Å². The first-order chi connectivity index (χ1) is 11.0. The Morgan fingerprint density at radius 2 is 1.96 bits per heavy atom. The smallest absolute Gasteiger partial charge is 0.227 e. The van der Waals surface area contributed by atoms with Gasteiger partial charge in [-0.1, -0.05) is 35.3 Å². The van der Waals surface area contributed by atoms with Crippen molar-refractivity contribution in [2.45, 2.75) is 6.42 Å². The molecule has 2 aromatic rings. The zero-order valence-electron chi connectivity index (χ0n) is 12.6. The van der Waals surface area contributed by atoms with E-state index in [9.17, 15) is 9.18 Å². The molecule has 1 amide bonds. The summed E-state index contributed by atoms with van der Waals surface area (Å²) in [7, 11) is 1.64. The maximum atomic E-state index is 13.7. The van der Waals surface area contributed by atoms with Crippen molar-refractivity contribution < 1.29 is 13.9 Å². The number of hydrogen-bond acceptors (Lipinski definition) is 2. The Kier molecular flexibility index (Phi) is 6.25. The zero-order chi connectivity index (χ0) is 16.8. The summed E-state index contributed by atoms with van der Waals surface area (Å²) < 4.78 is 19.2. The first kappa shape index (κ1) is 17.6. The molecule has 0 saturated carbocycles. The highest BCUT2D eigenvalue weighted by molar-refractivity contribution is 6.31. The second-order valence-corrected chi connectivity index (χ2v) is 5.84. The molecule has 0 spiro atoms. The highest BCUT2D eigenvalue weighted by Crippen LogP contribution is 2.20. The van der Waals surface area contributed by atoms with E-state index in [2.05, 4.69) is 0 Å². The fourth-order valence-corrected chi connectivity index (χ4v) is 2.38. The second-order valence-electron chi connectivity index (χ2n) is 5.00. The normalized spacial score (nSPS) is 10.4. The molecule has 0 aliphatic carbocycles. The Morgan fingerprint density at radius 3 is 2.65 bits per heavy atom. The third kappa shape index (κ3) is 5.12. The summed E-state index contributed by atoms with van der Waals surface area (Å²) in [5, 5.41) is 0.836. The summed E-state index contributed by atoms with van der Waals surface area (Å²) in [6.07, 6.45) is -0.0842. The number of nitrogens with zero attached hydrogens (tertiary/aromatic N) is 1. The van der Waals surface area contributed by atoms with Gasteiger partial charge < -0.3 is 9.64 Å². The Balaban J connectivity index is 1.85. The molecule has 122 valence electrons. The van der Waals surface area contributed by atoms with Crippen LogP contribution < -0.4 is 4.74 Å². The van der Waals surface area contributed by atoms with Crippen molar-refractivity contribution >= 4 is 29.1 Å². The van der Waals surface area contributed by atoms with Crippen LogP contribution in [0, 0.1) is 5.82 Å². The van der Waals surface area contributed by atoms with Gasteiger partial charge in [0.25, 0.3) is 0 Å². The number of carbonyl (C=O) groups excluding carboxylic acids is 1. The highest BCUT2D eigenvalue weighted by Gasteiger charge is 2.15. The summed E-state index contributed by atoms with van der Waals surface area (Å²) in [6.45, 7) is 0.686. The van der Waals surface area contributed by atoms with Crippen LogP contribution in [-0.4, -0.2) is 31.0 Å². The molecule has 0 radical (unpaired) electrons. The van der Waals surface area contributed by atoms with E-state index in [-0.39, 0.29) is 22.9 Å². The third-order valence-corrected chi connectivity index (χ3v) is 3.90. The number of ether oxygens (including phenoxy) is 1. The van der Waals surface area contributed by atoms with Gasteiger partial charge in [-0.25, -0.2) is 4.39 Å². The summed E-state index contributed by atoms with van der Waals surface area (Å²) in [5.74, 6) is -0.0726. The SMILES string of the molecule is CN(CCOc1cccc(Cl)c1)C(=O)Cc1c(F)cccc1Cl. The number of rotatable bonds is 6. The summed E-state index contributed by atoms with van der Waals surface area (Å²) in [6, 6.07) is 11.4. The lowest BCUT2D eigenvalue weighted by Gasteiger charge is -2.18. The van der Waals surface area contributed by atoms with Gasteiger partial charge in [-0.2, -0.15) is 0 Å². The molecule has 0 fully saturated rings. The molecule has 0 atom stereocenters. The molecular formula is C17H16Cl2FNO2. The van der Waals surface area contributed by atoms with E-state index in [0.717, 1.165) is 0 Å². The van der Waals surface area contributed by atoms with E-state index in [1.807, 2.05) is 0 Å². The average Bonchev–Trinajstić information content (AvgIpc) is 2.51. The number of amides is 1. The van der Waals surface area contributed by atoms with E-state index in [4.69, 9.17) is 27.9 Å². The molecule has 0 N–H and O–H groups in total. The van der Waals surface area contributed by atoms with Crippen molar-refractivity contribution in [3.05, 3.63) is 63.9 Å². The molecule has 3 nitrogen and oxygen atoms in total. The van der Waals surface area contributed by atoms with Crippen molar-refractivity contribution in [3.8, 4) is 5.75 Å². The minimum Gasteiger partial charge on any atom is -0.492 e. The van der Waals surface area contributed by atoms with Gasteiger partial charge in [0.1, 0.15) is 18.2 Å². The van der Waals surface area contributed by atoms with Crippen molar-refractivity contribution in [3.63, 3.8) is 0 Å². The molecule has 0 saturated heterocycles. The lowest BCUT2D eigenvalue weighted by molar-refractivity contribution is -0.129. The minimum absolute atomic E-state index is 0.0842. The van der Waals surface area contributed by atoms with Gasteiger partial charge >= 0.3 is 0 Å². The largest absolute Gasteiger partial charge is 0.492 e. The van der Waals surface area contributed by atoms with E-state index >= 15 is 0 Å². The average molecular weight is 356 g/mol. The molecular weight excluding hydrogens is 340 g/mol. The molecule has 6 heteroatoms. The first-order valence-electron chi connectivity index (χ1n) is 7.02. The fraction of sp³-hybridized carbons (Fsp3) is 0.235. The fourth-order valence-electron chi connectivity index (χ4n) is 1.97. The van der Waals surface area contributed by atoms with Crippen molar-refractivity contribution in [2.75, 3.05) is 20.2 Å². The predicted octanol–water partition coefficient (Wildman–Crippen LogP) is 4.21. The van der Waals surface area contributed by atoms with E-state index < -0.39 is 5.82 Å². The van der Waals surface area contributed by atoms with Gasteiger partial charge in [0.2, 0.25) is 5.91 Å². The Bertz CT molecular complexity index is 674. The van der Waals surface area contributed by atoms with Crippen LogP contribution >= 0.6 is 23.2 Å². The quantitative estimate of drug-likeness (QED) is 0.776. The van der Waals surface area contributed by atoms with Gasteiger partial charge in [0, 0.05) is 22.7 Å². The topological polar surface area (TPSA) is 29.5 Å². The Morgan fingerprint density at radius 1 is 1.22 bits per heavy atom. The number of benzene rings is 2.